The molecule has 0 bridgehead atoms. The molecule has 1 saturated heterocycles. The minimum absolute atomic E-state index is 0.135. The molecule has 32 heavy (non-hydrogen) atoms. The molecule has 172 valence electrons. The number of nitrogens with zero attached hydrogens (tertiary/aromatic N) is 6. The quantitative estimate of drug-likeness (QED) is 0.494. The average molecular weight is 440 g/mol. The van der Waals surface area contributed by atoms with Gasteiger partial charge in [-0.15, -0.1) is 0 Å². The molecule has 0 spiro atoms. The highest BCUT2D eigenvalue weighted by molar-refractivity contribution is 5.81. The largest absolute Gasteiger partial charge is 0.497 e. The van der Waals surface area contributed by atoms with Gasteiger partial charge in [-0.3, -0.25) is 9.79 Å². The predicted molar refractivity (Wildman–Crippen MR) is 126 cm³/mol. The molecule has 1 amide bonds. The summed E-state index contributed by atoms with van der Waals surface area (Å²) < 4.78 is 5.22. The number of amides is 1. The minimum atomic E-state index is 0.135. The molecule has 9 nitrogen and oxygen atoms in total. The van der Waals surface area contributed by atoms with Crippen LogP contribution in [0.25, 0.3) is 0 Å². The van der Waals surface area contributed by atoms with E-state index in [1.807, 2.05) is 43.1 Å². The minimum Gasteiger partial charge on any atom is -0.497 e. The van der Waals surface area contributed by atoms with E-state index >= 15 is 0 Å². The monoisotopic (exact) mass is 439 g/mol. The summed E-state index contributed by atoms with van der Waals surface area (Å²) >= 11 is 0. The van der Waals surface area contributed by atoms with Crippen LogP contribution in [0, 0.1) is 0 Å². The summed E-state index contributed by atoms with van der Waals surface area (Å²) in [6.07, 6.45) is 3.88. The maximum Gasteiger partial charge on any atom is 0.225 e. The molecule has 0 atom stereocenters. The molecule has 1 aromatic heterocycles. The third-order valence-corrected chi connectivity index (χ3v) is 5.33. The number of hydrogen-bond acceptors (Lipinski definition) is 6. The normalized spacial score (nSPS) is 14.3. The van der Waals surface area contributed by atoms with Crippen molar-refractivity contribution in [2.75, 3.05) is 58.3 Å². The van der Waals surface area contributed by atoms with Crippen LogP contribution in [0.3, 0.4) is 0 Å². The molecule has 1 N–H and O–H groups in total. The number of aromatic nitrogens is 2. The summed E-state index contributed by atoms with van der Waals surface area (Å²) in [4.78, 5) is 32.0. The molecule has 3 rings (SSSR count). The summed E-state index contributed by atoms with van der Waals surface area (Å²) in [6, 6.07) is 9.80. The summed E-state index contributed by atoms with van der Waals surface area (Å²) in [6.45, 7) is 6.82. The summed E-state index contributed by atoms with van der Waals surface area (Å²) in [7, 11) is 3.66. The van der Waals surface area contributed by atoms with Crippen molar-refractivity contribution < 1.29 is 9.53 Å². The number of benzene rings is 1. The predicted octanol–water partition coefficient (Wildman–Crippen LogP) is 1.62. The SMILES string of the molecule is CCNC(=NCCC(=O)N1CCN(c2ncccn2)CC1)N(C)Cc1ccc(OC)cc1. The number of nitrogens with one attached hydrogen (secondary N) is 1. The van der Waals surface area contributed by atoms with E-state index in [-0.39, 0.29) is 5.91 Å². The van der Waals surface area contributed by atoms with Crippen LogP contribution in [0.5, 0.6) is 5.75 Å². The first-order valence-electron chi connectivity index (χ1n) is 11.0. The molecule has 0 aliphatic carbocycles. The van der Waals surface area contributed by atoms with E-state index in [1.165, 1.54) is 0 Å². The number of rotatable bonds is 8. The van der Waals surface area contributed by atoms with Crippen molar-refractivity contribution in [2.24, 2.45) is 4.99 Å². The highest BCUT2D eigenvalue weighted by atomic mass is 16.5. The molecule has 9 heteroatoms. The van der Waals surface area contributed by atoms with Gasteiger partial charge < -0.3 is 24.8 Å². The molecular weight excluding hydrogens is 406 g/mol. The van der Waals surface area contributed by atoms with Crippen molar-refractivity contribution in [3.05, 3.63) is 48.3 Å². The highest BCUT2D eigenvalue weighted by Crippen LogP contribution is 2.13. The fraction of sp³-hybridized carbons (Fsp3) is 0.478. The zero-order chi connectivity index (χ0) is 22.8. The Balaban J connectivity index is 1.47. The lowest BCUT2D eigenvalue weighted by Gasteiger charge is -2.34. The summed E-state index contributed by atoms with van der Waals surface area (Å²) in [5, 5.41) is 3.31. The van der Waals surface area contributed by atoms with Gasteiger partial charge in [0.1, 0.15) is 5.75 Å². The third-order valence-electron chi connectivity index (χ3n) is 5.33. The first kappa shape index (κ1) is 23.3. The number of carbonyl (C=O) groups excluding carboxylic acids is 1. The Bertz CT molecular complexity index is 866. The zero-order valence-corrected chi connectivity index (χ0v) is 19.2. The van der Waals surface area contributed by atoms with E-state index in [2.05, 4.69) is 30.1 Å². The van der Waals surface area contributed by atoms with E-state index in [9.17, 15) is 4.79 Å². The highest BCUT2D eigenvalue weighted by Gasteiger charge is 2.22. The molecular formula is C23H33N7O2. The molecule has 2 aromatic rings. The van der Waals surface area contributed by atoms with Crippen LogP contribution in [0.2, 0.25) is 0 Å². The van der Waals surface area contributed by atoms with Crippen LogP contribution in [0.15, 0.2) is 47.7 Å². The van der Waals surface area contributed by atoms with Crippen molar-refractivity contribution in [2.45, 2.75) is 19.9 Å². The fourth-order valence-corrected chi connectivity index (χ4v) is 3.58. The Hall–Kier alpha value is -3.36. The van der Waals surface area contributed by atoms with Crippen molar-refractivity contribution >= 4 is 17.8 Å². The average Bonchev–Trinajstić information content (AvgIpc) is 2.84. The first-order valence-corrected chi connectivity index (χ1v) is 11.0. The molecule has 0 radical (unpaired) electrons. The number of methoxy groups -OCH3 is 1. The first-order chi connectivity index (χ1) is 15.6. The number of anilines is 1. The van der Waals surface area contributed by atoms with Gasteiger partial charge >= 0.3 is 0 Å². The van der Waals surface area contributed by atoms with E-state index < -0.39 is 0 Å². The van der Waals surface area contributed by atoms with Crippen molar-refractivity contribution in [3.8, 4) is 5.75 Å². The van der Waals surface area contributed by atoms with Crippen LogP contribution in [-0.4, -0.2) is 85.1 Å². The smallest absolute Gasteiger partial charge is 0.225 e. The Labute approximate surface area is 190 Å². The lowest BCUT2D eigenvalue weighted by molar-refractivity contribution is -0.131. The number of ether oxygens (including phenoxy) is 1. The Morgan fingerprint density at radius 3 is 2.47 bits per heavy atom. The third kappa shape index (κ3) is 6.57. The number of piperazine rings is 1. The molecule has 1 aromatic carbocycles. The second-order valence-corrected chi connectivity index (χ2v) is 7.61. The molecule has 2 heterocycles. The van der Waals surface area contributed by atoms with Gasteiger partial charge in [-0.25, -0.2) is 9.97 Å². The van der Waals surface area contributed by atoms with Crippen molar-refractivity contribution in [1.82, 2.24) is 25.1 Å². The van der Waals surface area contributed by atoms with Gasteiger partial charge in [-0.05, 0) is 30.7 Å². The number of guanidine groups is 1. The van der Waals surface area contributed by atoms with Gasteiger partial charge in [0.2, 0.25) is 11.9 Å². The Morgan fingerprint density at radius 2 is 1.84 bits per heavy atom. The van der Waals surface area contributed by atoms with Gasteiger partial charge in [0.05, 0.1) is 13.7 Å². The maximum atomic E-state index is 12.7. The summed E-state index contributed by atoms with van der Waals surface area (Å²) in [5.41, 5.74) is 1.16. The second kappa shape index (κ2) is 11.9. The van der Waals surface area contributed by atoms with Crippen molar-refractivity contribution in [3.63, 3.8) is 0 Å². The second-order valence-electron chi connectivity index (χ2n) is 7.61. The van der Waals surface area contributed by atoms with E-state index in [0.717, 1.165) is 42.9 Å². The van der Waals surface area contributed by atoms with Gasteiger partial charge in [0.25, 0.3) is 0 Å². The van der Waals surface area contributed by atoms with Crippen LogP contribution in [0.4, 0.5) is 5.95 Å². The lowest BCUT2D eigenvalue weighted by Crippen LogP contribution is -2.49. The zero-order valence-electron chi connectivity index (χ0n) is 19.2. The van der Waals surface area contributed by atoms with Crippen LogP contribution >= 0.6 is 0 Å². The van der Waals surface area contributed by atoms with Gasteiger partial charge in [0, 0.05) is 65.1 Å². The molecule has 1 aliphatic rings. The van der Waals surface area contributed by atoms with E-state index in [0.29, 0.717) is 32.6 Å². The van der Waals surface area contributed by atoms with Gasteiger partial charge in [0.15, 0.2) is 5.96 Å². The maximum absolute atomic E-state index is 12.7. The standard InChI is InChI=1S/C23H33N7O2/c1-4-24-22(28(2)18-19-6-8-20(32-3)9-7-19)27-13-10-21(31)29-14-16-30(17-15-29)23-25-11-5-12-26-23/h5-9,11-12H,4,10,13-18H2,1-3H3,(H,24,27). The molecule has 1 aliphatic heterocycles. The van der Waals surface area contributed by atoms with Crippen LogP contribution in [-0.2, 0) is 11.3 Å². The molecule has 0 unspecified atom stereocenters. The van der Waals surface area contributed by atoms with Crippen LogP contribution < -0.4 is 15.0 Å². The number of carbonyl (C=O) groups is 1. The lowest BCUT2D eigenvalue weighted by atomic mass is 10.2. The summed E-state index contributed by atoms with van der Waals surface area (Å²) in [5.74, 6) is 2.49. The molecule has 1 fully saturated rings. The Kier molecular flexibility index (Phi) is 8.65. The Morgan fingerprint density at radius 1 is 1.16 bits per heavy atom. The number of hydrogen-bond donors (Lipinski definition) is 1. The topological polar surface area (TPSA) is 86.2 Å². The van der Waals surface area contributed by atoms with Crippen LogP contribution in [0.1, 0.15) is 18.9 Å². The van der Waals surface area contributed by atoms with E-state index in [1.54, 1.807) is 25.6 Å². The fourth-order valence-electron chi connectivity index (χ4n) is 3.58. The molecule has 0 saturated carbocycles. The van der Waals surface area contributed by atoms with Gasteiger partial charge in [-0.1, -0.05) is 12.1 Å². The number of aliphatic imine (C=N–C) groups is 1. The van der Waals surface area contributed by atoms with Gasteiger partial charge in [-0.2, -0.15) is 0 Å². The van der Waals surface area contributed by atoms with Crippen molar-refractivity contribution in [1.29, 1.82) is 0 Å². The van der Waals surface area contributed by atoms with E-state index in [4.69, 9.17) is 4.74 Å².